The molecule has 0 bridgehead atoms. The van der Waals surface area contributed by atoms with Crippen molar-refractivity contribution in [2.24, 2.45) is 0 Å². The molecule has 5 heteroatoms. The van der Waals surface area contributed by atoms with Crippen molar-refractivity contribution in [3.63, 3.8) is 0 Å². The maximum Gasteiger partial charge on any atom is 0.257 e. The highest BCUT2D eigenvalue weighted by atomic mass is 16.5. The van der Waals surface area contributed by atoms with Crippen LogP contribution in [0.4, 0.5) is 11.5 Å². The molecule has 0 spiro atoms. The van der Waals surface area contributed by atoms with Crippen LogP contribution in [-0.4, -0.2) is 24.0 Å². The molecule has 1 heterocycles. The lowest BCUT2D eigenvalue weighted by Gasteiger charge is -2.11. The molecular weight excluding hydrogens is 278 g/mol. The highest BCUT2D eigenvalue weighted by Gasteiger charge is 2.10. The predicted molar refractivity (Wildman–Crippen MR) is 88.6 cm³/mol. The Hall–Kier alpha value is -2.56. The van der Waals surface area contributed by atoms with Crippen LogP contribution in [0.2, 0.25) is 0 Å². The summed E-state index contributed by atoms with van der Waals surface area (Å²) in [6.45, 7) is 5.40. The van der Waals surface area contributed by atoms with Gasteiger partial charge >= 0.3 is 0 Å². The Morgan fingerprint density at radius 3 is 2.68 bits per heavy atom. The molecule has 0 radical (unpaired) electrons. The van der Waals surface area contributed by atoms with Crippen LogP contribution < -0.4 is 15.4 Å². The number of aromatic nitrogens is 1. The maximum atomic E-state index is 12.3. The maximum absolute atomic E-state index is 12.3. The van der Waals surface area contributed by atoms with Crippen LogP contribution >= 0.6 is 0 Å². The molecule has 5 nitrogen and oxygen atoms in total. The standard InChI is InChI=1S/C17H21N3O2/c1-3-11-18-16-10-9-13(12-19-16)17(21)20-14-7-5-6-8-15(14)22-4-2/h5-10,12H,3-4,11H2,1-2H3,(H,18,19)(H,20,21). The van der Waals surface area contributed by atoms with E-state index in [2.05, 4.69) is 22.5 Å². The number of nitrogens with one attached hydrogen (secondary N) is 2. The summed E-state index contributed by atoms with van der Waals surface area (Å²) in [4.78, 5) is 16.5. The molecule has 2 aromatic rings. The lowest BCUT2D eigenvalue weighted by Crippen LogP contribution is -2.13. The van der Waals surface area contributed by atoms with Crippen LogP contribution in [0.25, 0.3) is 0 Å². The van der Waals surface area contributed by atoms with Crippen LogP contribution in [-0.2, 0) is 0 Å². The minimum absolute atomic E-state index is 0.207. The largest absolute Gasteiger partial charge is 0.492 e. The summed E-state index contributed by atoms with van der Waals surface area (Å²) in [5.74, 6) is 1.22. The minimum atomic E-state index is -0.207. The Balaban J connectivity index is 2.06. The van der Waals surface area contributed by atoms with Gasteiger partial charge in [0.2, 0.25) is 0 Å². The average Bonchev–Trinajstić information content (AvgIpc) is 2.55. The summed E-state index contributed by atoms with van der Waals surface area (Å²) >= 11 is 0. The summed E-state index contributed by atoms with van der Waals surface area (Å²) < 4.78 is 5.50. The first kappa shape index (κ1) is 15.8. The zero-order valence-electron chi connectivity index (χ0n) is 12.9. The highest BCUT2D eigenvalue weighted by Crippen LogP contribution is 2.24. The number of rotatable bonds is 7. The smallest absolute Gasteiger partial charge is 0.257 e. The van der Waals surface area contributed by atoms with Gasteiger partial charge in [-0.1, -0.05) is 19.1 Å². The molecule has 0 aliphatic rings. The molecule has 116 valence electrons. The molecule has 2 rings (SSSR count). The third-order valence-corrected chi connectivity index (χ3v) is 3.02. The van der Waals surface area contributed by atoms with Gasteiger partial charge in [-0.15, -0.1) is 0 Å². The number of hydrogen-bond donors (Lipinski definition) is 2. The van der Waals surface area contributed by atoms with E-state index in [1.807, 2.05) is 31.2 Å². The second kappa shape index (κ2) is 8.02. The third-order valence-electron chi connectivity index (χ3n) is 3.02. The van der Waals surface area contributed by atoms with Crippen molar-refractivity contribution in [3.8, 4) is 5.75 Å². The van der Waals surface area contributed by atoms with Crippen molar-refractivity contribution in [2.45, 2.75) is 20.3 Å². The van der Waals surface area contributed by atoms with Crippen LogP contribution in [0.15, 0.2) is 42.6 Å². The van der Waals surface area contributed by atoms with Gasteiger partial charge in [0.25, 0.3) is 5.91 Å². The predicted octanol–water partition coefficient (Wildman–Crippen LogP) is 3.55. The van der Waals surface area contributed by atoms with Gasteiger partial charge in [0.05, 0.1) is 17.9 Å². The van der Waals surface area contributed by atoms with Gasteiger partial charge in [-0.05, 0) is 37.6 Å². The Morgan fingerprint density at radius 2 is 2.00 bits per heavy atom. The topological polar surface area (TPSA) is 63.2 Å². The fourth-order valence-electron chi connectivity index (χ4n) is 1.93. The number of hydrogen-bond acceptors (Lipinski definition) is 4. The highest BCUT2D eigenvalue weighted by molar-refractivity contribution is 6.04. The summed E-state index contributed by atoms with van der Waals surface area (Å²) in [6.07, 6.45) is 2.59. The van der Waals surface area contributed by atoms with E-state index >= 15 is 0 Å². The Kier molecular flexibility index (Phi) is 5.77. The number of nitrogens with zero attached hydrogens (tertiary/aromatic N) is 1. The van der Waals surface area contributed by atoms with Gasteiger partial charge in [-0.25, -0.2) is 4.98 Å². The SMILES string of the molecule is CCCNc1ccc(C(=O)Nc2ccccc2OCC)cn1. The van der Waals surface area contributed by atoms with E-state index in [4.69, 9.17) is 4.74 Å². The van der Waals surface area contributed by atoms with Gasteiger partial charge in [0, 0.05) is 12.7 Å². The Bertz CT molecular complexity index is 612. The monoisotopic (exact) mass is 299 g/mol. The molecule has 22 heavy (non-hydrogen) atoms. The van der Waals surface area contributed by atoms with Crippen LogP contribution in [0.1, 0.15) is 30.6 Å². The Morgan fingerprint density at radius 1 is 1.18 bits per heavy atom. The lowest BCUT2D eigenvalue weighted by molar-refractivity contribution is 0.102. The second-order valence-electron chi connectivity index (χ2n) is 4.74. The molecule has 0 fully saturated rings. The van der Waals surface area contributed by atoms with E-state index in [0.29, 0.717) is 23.6 Å². The van der Waals surface area contributed by atoms with Gasteiger partial charge in [0.1, 0.15) is 11.6 Å². The fraction of sp³-hybridized carbons (Fsp3) is 0.294. The van der Waals surface area contributed by atoms with Gasteiger partial charge in [-0.2, -0.15) is 0 Å². The number of anilines is 2. The summed E-state index contributed by atoms with van der Waals surface area (Å²) in [6, 6.07) is 10.9. The minimum Gasteiger partial charge on any atom is -0.492 e. The summed E-state index contributed by atoms with van der Waals surface area (Å²) in [7, 11) is 0. The molecular formula is C17H21N3O2. The van der Waals surface area contributed by atoms with E-state index in [1.165, 1.54) is 0 Å². The van der Waals surface area contributed by atoms with E-state index in [1.54, 1.807) is 18.3 Å². The number of para-hydroxylation sites is 2. The molecule has 1 amide bonds. The number of carbonyl (C=O) groups excluding carboxylic acids is 1. The first-order valence-corrected chi connectivity index (χ1v) is 7.47. The molecule has 0 aliphatic carbocycles. The molecule has 2 N–H and O–H groups in total. The summed E-state index contributed by atoms with van der Waals surface area (Å²) in [5.41, 5.74) is 1.16. The molecule has 0 atom stereocenters. The Labute approximate surface area is 130 Å². The lowest BCUT2D eigenvalue weighted by atomic mass is 10.2. The summed E-state index contributed by atoms with van der Waals surface area (Å²) in [5, 5.41) is 6.02. The average molecular weight is 299 g/mol. The van der Waals surface area contributed by atoms with Gasteiger partial charge < -0.3 is 15.4 Å². The van der Waals surface area contributed by atoms with Crippen LogP contribution in [0, 0.1) is 0 Å². The van der Waals surface area contributed by atoms with Crippen LogP contribution in [0.3, 0.4) is 0 Å². The number of benzene rings is 1. The van der Waals surface area contributed by atoms with Crippen molar-refractivity contribution < 1.29 is 9.53 Å². The molecule has 0 unspecified atom stereocenters. The van der Waals surface area contributed by atoms with E-state index in [0.717, 1.165) is 18.8 Å². The number of amides is 1. The van der Waals surface area contributed by atoms with E-state index in [9.17, 15) is 4.79 Å². The van der Waals surface area contributed by atoms with Crippen molar-refractivity contribution in [1.82, 2.24) is 4.98 Å². The van der Waals surface area contributed by atoms with Gasteiger partial charge in [0.15, 0.2) is 0 Å². The molecule has 0 saturated heterocycles. The fourth-order valence-corrected chi connectivity index (χ4v) is 1.93. The number of ether oxygens (including phenoxy) is 1. The van der Waals surface area contributed by atoms with E-state index < -0.39 is 0 Å². The van der Waals surface area contributed by atoms with Crippen LogP contribution in [0.5, 0.6) is 5.75 Å². The van der Waals surface area contributed by atoms with E-state index in [-0.39, 0.29) is 5.91 Å². The van der Waals surface area contributed by atoms with Crippen molar-refractivity contribution >= 4 is 17.4 Å². The quantitative estimate of drug-likeness (QED) is 0.820. The zero-order valence-corrected chi connectivity index (χ0v) is 12.9. The molecule has 0 aliphatic heterocycles. The van der Waals surface area contributed by atoms with Crippen molar-refractivity contribution in [3.05, 3.63) is 48.2 Å². The molecule has 1 aromatic carbocycles. The zero-order chi connectivity index (χ0) is 15.8. The molecule has 1 aromatic heterocycles. The normalized spacial score (nSPS) is 10.1. The van der Waals surface area contributed by atoms with Gasteiger partial charge in [-0.3, -0.25) is 4.79 Å². The molecule has 0 saturated carbocycles. The first-order valence-electron chi connectivity index (χ1n) is 7.47. The third kappa shape index (κ3) is 4.22. The second-order valence-corrected chi connectivity index (χ2v) is 4.74. The number of carbonyl (C=O) groups is 1. The number of pyridine rings is 1. The first-order chi connectivity index (χ1) is 10.7. The van der Waals surface area contributed by atoms with Crippen molar-refractivity contribution in [2.75, 3.05) is 23.8 Å². The van der Waals surface area contributed by atoms with Crippen molar-refractivity contribution in [1.29, 1.82) is 0 Å².